The number of amides is 1. The molecule has 1 aromatic heterocycles. The van der Waals surface area contributed by atoms with Gasteiger partial charge in [0.2, 0.25) is 5.91 Å². The fraction of sp³-hybridized carbons (Fsp3) is 0.188. The molecule has 0 aliphatic carbocycles. The minimum atomic E-state index is -0.910. The summed E-state index contributed by atoms with van der Waals surface area (Å²) >= 11 is 1.12. The number of rotatable bonds is 3. The van der Waals surface area contributed by atoms with Crippen LogP contribution in [0.1, 0.15) is 23.5 Å². The lowest BCUT2D eigenvalue weighted by atomic mass is 9.86. The van der Waals surface area contributed by atoms with Crippen molar-refractivity contribution in [3.8, 4) is 12.3 Å². The zero-order valence-electron chi connectivity index (χ0n) is 12.2. The molecular weight excluding hydrogens is 336 g/mol. The van der Waals surface area contributed by atoms with Gasteiger partial charge in [-0.25, -0.2) is 13.8 Å². The first-order valence-corrected chi connectivity index (χ1v) is 7.93. The summed E-state index contributed by atoms with van der Waals surface area (Å²) in [5.74, 6) is 0.0543. The molecule has 5 nitrogen and oxygen atoms in total. The van der Waals surface area contributed by atoms with E-state index in [4.69, 9.17) is 6.42 Å². The number of terminal acetylenes is 1. The molecule has 0 radical (unpaired) electrons. The first kappa shape index (κ1) is 16.2. The standard InChI is InChI=1S/C16H11F2N3O2S/c1-2-5-24-16-20-14-13(15(23)21-16)10(7-12(22)19-14)9-6-8(17)3-4-11(9)18/h1,3-4,6,10H,5,7H2,(H2,19,20,21,22,23). The van der Waals surface area contributed by atoms with Crippen molar-refractivity contribution in [2.45, 2.75) is 17.5 Å². The average molecular weight is 347 g/mol. The van der Waals surface area contributed by atoms with Gasteiger partial charge in [-0.05, 0) is 23.8 Å². The van der Waals surface area contributed by atoms with Gasteiger partial charge in [-0.1, -0.05) is 17.7 Å². The van der Waals surface area contributed by atoms with Crippen molar-refractivity contribution in [2.75, 3.05) is 11.1 Å². The summed E-state index contributed by atoms with van der Waals surface area (Å²) in [6.45, 7) is 0. The van der Waals surface area contributed by atoms with Crippen molar-refractivity contribution >= 4 is 23.5 Å². The topological polar surface area (TPSA) is 74.8 Å². The Morgan fingerprint density at radius 2 is 2.17 bits per heavy atom. The van der Waals surface area contributed by atoms with E-state index in [9.17, 15) is 18.4 Å². The number of anilines is 1. The second kappa shape index (κ2) is 6.45. The Morgan fingerprint density at radius 3 is 2.92 bits per heavy atom. The van der Waals surface area contributed by atoms with Crippen molar-refractivity contribution < 1.29 is 13.6 Å². The van der Waals surface area contributed by atoms with E-state index in [-0.39, 0.29) is 34.3 Å². The van der Waals surface area contributed by atoms with Crippen molar-refractivity contribution in [1.82, 2.24) is 9.97 Å². The molecule has 2 heterocycles. The highest BCUT2D eigenvalue weighted by Gasteiger charge is 2.32. The number of aromatic nitrogens is 2. The molecule has 1 aromatic carbocycles. The van der Waals surface area contributed by atoms with Crippen LogP contribution in [-0.2, 0) is 4.79 Å². The molecule has 3 rings (SSSR count). The molecule has 0 bridgehead atoms. The largest absolute Gasteiger partial charge is 0.310 e. The van der Waals surface area contributed by atoms with E-state index in [0.717, 1.165) is 30.0 Å². The van der Waals surface area contributed by atoms with Crippen molar-refractivity contribution in [1.29, 1.82) is 0 Å². The van der Waals surface area contributed by atoms with Gasteiger partial charge in [0.05, 0.1) is 11.3 Å². The number of hydrogen-bond acceptors (Lipinski definition) is 4. The fourth-order valence-corrected chi connectivity index (χ4v) is 3.12. The van der Waals surface area contributed by atoms with Gasteiger partial charge >= 0.3 is 0 Å². The molecule has 0 saturated carbocycles. The van der Waals surface area contributed by atoms with Crippen LogP contribution in [0.2, 0.25) is 0 Å². The summed E-state index contributed by atoms with van der Waals surface area (Å²) in [4.78, 5) is 31.0. The van der Waals surface area contributed by atoms with E-state index in [1.165, 1.54) is 0 Å². The Kier molecular flexibility index (Phi) is 4.36. The molecule has 2 aromatic rings. The monoisotopic (exact) mass is 347 g/mol. The molecule has 1 aliphatic rings. The third-order valence-corrected chi connectivity index (χ3v) is 4.33. The number of aromatic amines is 1. The highest BCUT2D eigenvalue weighted by molar-refractivity contribution is 7.99. The van der Waals surface area contributed by atoms with Gasteiger partial charge in [-0.2, -0.15) is 0 Å². The number of nitrogens with one attached hydrogen (secondary N) is 2. The first-order chi connectivity index (χ1) is 11.5. The zero-order valence-corrected chi connectivity index (χ0v) is 13.0. The summed E-state index contributed by atoms with van der Waals surface area (Å²) in [6.07, 6.45) is 4.99. The summed E-state index contributed by atoms with van der Waals surface area (Å²) in [6, 6.07) is 2.93. The van der Waals surface area contributed by atoms with Crippen LogP contribution < -0.4 is 10.9 Å². The lowest BCUT2D eigenvalue weighted by molar-refractivity contribution is -0.116. The van der Waals surface area contributed by atoms with Crippen molar-refractivity contribution in [3.63, 3.8) is 0 Å². The summed E-state index contributed by atoms with van der Waals surface area (Å²) in [7, 11) is 0. The van der Waals surface area contributed by atoms with Crippen LogP contribution in [0.5, 0.6) is 0 Å². The van der Waals surface area contributed by atoms with E-state index in [0.29, 0.717) is 0 Å². The second-order valence-electron chi connectivity index (χ2n) is 5.10. The number of thioether (sulfide) groups is 1. The molecular formula is C16H11F2N3O2S. The predicted octanol–water partition coefficient (Wildman–Crippen LogP) is 2.25. The predicted molar refractivity (Wildman–Crippen MR) is 85.9 cm³/mol. The third-order valence-electron chi connectivity index (χ3n) is 3.56. The zero-order chi connectivity index (χ0) is 17.3. The van der Waals surface area contributed by atoms with Crippen LogP contribution in [-0.4, -0.2) is 21.6 Å². The van der Waals surface area contributed by atoms with Crippen LogP contribution in [0.25, 0.3) is 0 Å². The molecule has 8 heteroatoms. The van der Waals surface area contributed by atoms with Gasteiger partial charge in [-0.3, -0.25) is 9.59 Å². The summed E-state index contributed by atoms with van der Waals surface area (Å²) in [5, 5.41) is 2.75. The minimum Gasteiger partial charge on any atom is -0.310 e. The van der Waals surface area contributed by atoms with Crippen LogP contribution in [0.15, 0.2) is 28.2 Å². The number of carbonyl (C=O) groups is 1. The van der Waals surface area contributed by atoms with Gasteiger partial charge in [0.1, 0.15) is 17.5 Å². The number of fused-ring (bicyclic) bond motifs is 1. The molecule has 0 saturated heterocycles. The van der Waals surface area contributed by atoms with Crippen LogP contribution in [0.4, 0.5) is 14.6 Å². The lowest BCUT2D eigenvalue weighted by Gasteiger charge is -2.24. The fourth-order valence-electron chi connectivity index (χ4n) is 2.58. The molecule has 1 amide bonds. The van der Waals surface area contributed by atoms with Crippen LogP contribution >= 0.6 is 11.8 Å². The maximum absolute atomic E-state index is 14.1. The minimum absolute atomic E-state index is 0.0446. The summed E-state index contributed by atoms with van der Waals surface area (Å²) in [5.41, 5.74) is -0.472. The maximum atomic E-state index is 14.1. The molecule has 1 unspecified atom stereocenters. The lowest BCUT2D eigenvalue weighted by Crippen LogP contribution is -2.31. The quantitative estimate of drug-likeness (QED) is 0.507. The number of nitrogens with zero attached hydrogens (tertiary/aromatic N) is 1. The van der Waals surface area contributed by atoms with E-state index >= 15 is 0 Å². The SMILES string of the molecule is C#CCSc1nc2c(c(=O)[nH]1)C(c1cc(F)ccc1F)CC(=O)N2. The second-order valence-corrected chi connectivity index (χ2v) is 6.06. The van der Waals surface area contributed by atoms with Gasteiger partial charge < -0.3 is 10.3 Å². The van der Waals surface area contributed by atoms with E-state index in [1.54, 1.807) is 0 Å². The van der Waals surface area contributed by atoms with Crippen LogP contribution in [0, 0.1) is 24.0 Å². The number of carbonyl (C=O) groups excluding carboxylic acids is 1. The molecule has 1 atom stereocenters. The Balaban J connectivity index is 2.13. The molecule has 24 heavy (non-hydrogen) atoms. The Morgan fingerprint density at radius 1 is 1.38 bits per heavy atom. The first-order valence-electron chi connectivity index (χ1n) is 6.95. The third kappa shape index (κ3) is 3.03. The van der Waals surface area contributed by atoms with Gasteiger partial charge in [0.25, 0.3) is 5.56 Å². The van der Waals surface area contributed by atoms with E-state index in [1.807, 2.05) is 0 Å². The smallest absolute Gasteiger partial charge is 0.257 e. The number of H-pyrrole nitrogens is 1. The molecule has 1 aliphatic heterocycles. The number of benzene rings is 1. The highest BCUT2D eigenvalue weighted by Crippen LogP contribution is 2.35. The molecule has 2 N–H and O–H groups in total. The molecule has 0 spiro atoms. The van der Waals surface area contributed by atoms with E-state index in [2.05, 4.69) is 21.2 Å². The maximum Gasteiger partial charge on any atom is 0.257 e. The highest BCUT2D eigenvalue weighted by atomic mass is 32.2. The summed E-state index contributed by atoms with van der Waals surface area (Å²) < 4.78 is 27.6. The van der Waals surface area contributed by atoms with Gasteiger partial charge in [-0.15, -0.1) is 6.42 Å². The van der Waals surface area contributed by atoms with Crippen molar-refractivity contribution in [3.05, 3.63) is 51.3 Å². The van der Waals surface area contributed by atoms with Crippen molar-refractivity contribution in [2.24, 2.45) is 0 Å². The Hall–Kier alpha value is -2.66. The van der Waals surface area contributed by atoms with Crippen LogP contribution in [0.3, 0.4) is 0 Å². The average Bonchev–Trinajstić information content (AvgIpc) is 2.54. The Labute approximate surface area is 139 Å². The normalized spacial score (nSPS) is 16.2. The molecule has 0 fully saturated rings. The van der Waals surface area contributed by atoms with E-state index < -0.39 is 29.0 Å². The molecule has 122 valence electrons. The Bertz CT molecular complexity index is 921. The van der Waals surface area contributed by atoms with Gasteiger partial charge in [0, 0.05) is 12.3 Å². The number of hydrogen-bond donors (Lipinski definition) is 2. The number of halogens is 2. The van der Waals surface area contributed by atoms with Gasteiger partial charge in [0.15, 0.2) is 5.16 Å².